The molecule has 0 spiro atoms. The third-order valence-corrected chi connectivity index (χ3v) is 18.6. The van der Waals surface area contributed by atoms with Gasteiger partial charge in [0.1, 0.15) is 66.2 Å². The zero-order chi connectivity index (χ0) is 73.9. The predicted octanol–water partition coefficient (Wildman–Crippen LogP) is 2.06. The Labute approximate surface area is 592 Å². The second-order valence-electron chi connectivity index (χ2n) is 25.8. The minimum atomic E-state index is -1.73. The number of fused-ring (bicyclic) bond motifs is 1. The summed E-state index contributed by atoms with van der Waals surface area (Å²) in [6, 6.07) is 15.2. The zero-order valence-electron chi connectivity index (χ0n) is 57.2. The molecule has 0 aromatic heterocycles. The van der Waals surface area contributed by atoms with Crippen LogP contribution in [0.3, 0.4) is 0 Å². The number of thiol groups is 1. The van der Waals surface area contributed by atoms with Crippen molar-refractivity contribution in [1.82, 2.24) is 52.8 Å². The lowest BCUT2D eigenvalue weighted by molar-refractivity contribution is -0.145. The van der Waals surface area contributed by atoms with Crippen LogP contribution >= 0.6 is 12.6 Å². The van der Waals surface area contributed by atoms with E-state index in [-0.39, 0.29) is 56.1 Å². The van der Waals surface area contributed by atoms with Crippen LogP contribution < -0.4 is 53.6 Å². The first kappa shape index (κ1) is 80.1. The molecule has 6 rings (SSSR count). The first-order chi connectivity index (χ1) is 48.2. The molecule has 0 bridgehead atoms. The molecule has 11 atom stereocenters. The standard InChI is InChI=1S/C72H95N11O17S/c1-5-7-27-50(64(92)79-55(39-84)68(96)77-52(63(73)91)34-44-28-30-49(86)31-29-44)76-69(97)57-36-47-25-17-18-26-48(47)38-83(57)72(100)56(40-101)80-66(94)53(35-43-19-11-8-12-20-43)78-70(98)61(41(3)6-2)81-71(99)62(60(45-21-13-9-14-22-45)46-23-15-10-16-24-46)82-65(93)51(32-33-58(87)88)75-67(95)54(37-59(89)90)74-42(4)85/h9-10,13-18,21-26,28-31,41,43,50-57,60-62,84,86,101H,5-8,11-12,19-20,27,32-40H2,1-4H3,(H2,73,91)(H,74,85)(H,75,95)(H,76,97)(H,77,96)(H,78,98)(H,79,92)(H,80,94)(H,81,99)(H,82,93)(H,87,88)(H,89,90)/t41-,50+,51+,52+,53+,54+,55+,56+,57-,61+,62+/m1/s1. The summed E-state index contributed by atoms with van der Waals surface area (Å²) >= 11 is 4.55. The Bertz CT molecular complexity index is 3470. The molecule has 0 unspecified atom stereocenters. The smallest absolute Gasteiger partial charge is 0.305 e. The molecule has 1 aliphatic heterocycles. The lowest BCUT2D eigenvalue weighted by Gasteiger charge is -2.38. The summed E-state index contributed by atoms with van der Waals surface area (Å²) in [5.41, 5.74) is 8.55. The fourth-order valence-electron chi connectivity index (χ4n) is 12.5. The van der Waals surface area contributed by atoms with Gasteiger partial charge in [-0.1, -0.05) is 169 Å². The average Bonchev–Trinajstić information content (AvgIpc) is 0.795. The number of carbonyl (C=O) groups is 13. The van der Waals surface area contributed by atoms with Gasteiger partial charge in [-0.2, -0.15) is 12.6 Å². The number of phenols is 1. The number of amides is 11. The molecule has 101 heavy (non-hydrogen) atoms. The molecule has 11 amide bonds. The highest BCUT2D eigenvalue weighted by molar-refractivity contribution is 7.80. The minimum absolute atomic E-state index is 0.0314. The first-order valence-electron chi connectivity index (χ1n) is 34.2. The third-order valence-electron chi connectivity index (χ3n) is 18.3. The first-order valence-corrected chi connectivity index (χ1v) is 34.8. The summed E-state index contributed by atoms with van der Waals surface area (Å²) in [6.45, 7) is 5.31. The Kier molecular flexibility index (Phi) is 31.5. The molecule has 1 heterocycles. The second kappa shape index (κ2) is 39.8. The van der Waals surface area contributed by atoms with E-state index >= 15 is 19.2 Å². The van der Waals surface area contributed by atoms with Crippen molar-refractivity contribution in [1.29, 1.82) is 0 Å². The number of carboxylic acid groups (broad SMARTS) is 2. The van der Waals surface area contributed by atoms with E-state index in [2.05, 4.69) is 60.5 Å². The van der Waals surface area contributed by atoms with Crippen molar-refractivity contribution in [2.24, 2.45) is 17.6 Å². The number of hydrogen-bond donors (Lipinski definition) is 15. The number of aromatic hydroxyl groups is 1. The monoisotopic (exact) mass is 1420 g/mol. The molecule has 29 heteroatoms. The molecule has 0 radical (unpaired) electrons. The number of rotatable bonds is 38. The summed E-state index contributed by atoms with van der Waals surface area (Å²) < 4.78 is 0. The number of nitrogens with zero attached hydrogens (tertiary/aromatic N) is 1. The van der Waals surface area contributed by atoms with Crippen molar-refractivity contribution in [2.45, 2.75) is 197 Å². The highest BCUT2D eigenvalue weighted by Crippen LogP contribution is 2.31. The van der Waals surface area contributed by atoms with Gasteiger partial charge in [0, 0.05) is 44.4 Å². The van der Waals surface area contributed by atoms with Crippen LogP contribution in [0.25, 0.3) is 0 Å². The van der Waals surface area contributed by atoms with Gasteiger partial charge in [0.05, 0.1) is 13.0 Å². The Morgan fingerprint density at radius 2 is 1.08 bits per heavy atom. The number of nitrogens with one attached hydrogen (secondary N) is 9. The number of nitrogens with two attached hydrogens (primary N) is 1. The largest absolute Gasteiger partial charge is 0.508 e. The zero-order valence-corrected chi connectivity index (χ0v) is 58.1. The number of aliphatic carboxylic acids is 2. The van der Waals surface area contributed by atoms with Crippen LogP contribution in [0.2, 0.25) is 0 Å². The Morgan fingerprint density at radius 3 is 1.64 bits per heavy atom. The number of unbranched alkanes of at least 4 members (excludes halogenated alkanes) is 1. The molecule has 546 valence electrons. The molecule has 4 aromatic carbocycles. The van der Waals surface area contributed by atoms with Gasteiger partial charge in [-0.15, -0.1) is 0 Å². The molecule has 1 fully saturated rings. The van der Waals surface area contributed by atoms with E-state index < -0.39 is 175 Å². The van der Waals surface area contributed by atoms with Crippen molar-refractivity contribution >= 4 is 89.5 Å². The molecule has 28 nitrogen and oxygen atoms in total. The quantitative estimate of drug-likeness (QED) is 0.0286. The fraction of sp³-hybridized carbons (Fsp3) is 0.486. The molecular weight excluding hydrogens is 1320 g/mol. The van der Waals surface area contributed by atoms with E-state index in [1.54, 1.807) is 98.8 Å². The average molecular weight is 1420 g/mol. The van der Waals surface area contributed by atoms with Crippen molar-refractivity contribution < 1.29 is 82.8 Å². The number of carbonyl (C=O) groups excluding carboxylic acids is 11. The number of aliphatic hydroxyl groups is 1. The maximum absolute atomic E-state index is 15.5. The highest BCUT2D eigenvalue weighted by atomic mass is 32.1. The maximum atomic E-state index is 15.5. The van der Waals surface area contributed by atoms with E-state index in [0.29, 0.717) is 53.5 Å². The van der Waals surface area contributed by atoms with E-state index in [1.807, 2.05) is 6.92 Å². The van der Waals surface area contributed by atoms with E-state index in [9.17, 15) is 63.6 Å². The van der Waals surface area contributed by atoms with E-state index in [1.165, 1.54) is 29.2 Å². The van der Waals surface area contributed by atoms with Crippen LogP contribution in [0.4, 0.5) is 0 Å². The van der Waals surface area contributed by atoms with Crippen LogP contribution in [-0.4, -0.2) is 175 Å². The van der Waals surface area contributed by atoms with Gasteiger partial charge in [-0.3, -0.25) is 62.3 Å². The molecule has 1 aliphatic carbocycles. The Balaban J connectivity index is 1.28. The predicted molar refractivity (Wildman–Crippen MR) is 373 cm³/mol. The molecular formula is C72H95N11O17S. The fourth-order valence-corrected chi connectivity index (χ4v) is 12.8. The van der Waals surface area contributed by atoms with Crippen LogP contribution in [-0.2, 0) is 81.7 Å². The number of benzene rings is 4. The second-order valence-corrected chi connectivity index (χ2v) is 26.1. The number of carboxylic acids is 2. The molecule has 4 aromatic rings. The van der Waals surface area contributed by atoms with Gasteiger partial charge in [-0.25, -0.2) is 0 Å². The van der Waals surface area contributed by atoms with Gasteiger partial charge in [0.15, 0.2) is 0 Å². The van der Waals surface area contributed by atoms with Gasteiger partial charge in [0.2, 0.25) is 65.0 Å². The van der Waals surface area contributed by atoms with Crippen LogP contribution in [0.15, 0.2) is 109 Å². The summed E-state index contributed by atoms with van der Waals surface area (Å²) in [7, 11) is 0. The molecule has 1 saturated carbocycles. The van der Waals surface area contributed by atoms with Crippen LogP contribution in [0.1, 0.15) is 145 Å². The third kappa shape index (κ3) is 24.2. The van der Waals surface area contributed by atoms with Gasteiger partial charge >= 0.3 is 11.9 Å². The number of aliphatic hydroxyl groups excluding tert-OH is 1. The van der Waals surface area contributed by atoms with Gasteiger partial charge in [0.25, 0.3) is 0 Å². The lowest BCUT2D eigenvalue weighted by atomic mass is 9.83. The highest BCUT2D eigenvalue weighted by Gasteiger charge is 2.43. The Morgan fingerprint density at radius 1 is 0.564 bits per heavy atom. The summed E-state index contributed by atoms with van der Waals surface area (Å²) in [4.78, 5) is 182. The number of primary amides is 1. The Hall–Kier alpha value is -9.90. The van der Waals surface area contributed by atoms with E-state index in [4.69, 9.17) is 5.73 Å². The van der Waals surface area contributed by atoms with Crippen molar-refractivity contribution in [3.05, 3.63) is 137 Å². The van der Waals surface area contributed by atoms with Crippen molar-refractivity contribution in [3.8, 4) is 5.75 Å². The van der Waals surface area contributed by atoms with Crippen molar-refractivity contribution in [3.63, 3.8) is 0 Å². The molecule has 2 aliphatic rings. The molecule has 0 saturated heterocycles. The lowest BCUT2D eigenvalue weighted by Crippen LogP contribution is -2.63. The molecule has 15 N–H and O–H groups in total. The topological polar surface area (TPSA) is 440 Å². The summed E-state index contributed by atoms with van der Waals surface area (Å²) in [6.07, 6.45) is 3.17. The summed E-state index contributed by atoms with van der Waals surface area (Å²) in [5.74, 6) is -14.7. The van der Waals surface area contributed by atoms with Gasteiger partial charge < -0.3 is 78.9 Å². The van der Waals surface area contributed by atoms with E-state index in [0.717, 1.165) is 26.2 Å². The summed E-state index contributed by atoms with van der Waals surface area (Å²) in [5, 5.41) is 63.1. The maximum Gasteiger partial charge on any atom is 0.305 e. The minimum Gasteiger partial charge on any atom is -0.508 e. The van der Waals surface area contributed by atoms with Crippen LogP contribution in [0, 0.1) is 11.8 Å². The normalized spacial score (nSPS) is 16.6. The van der Waals surface area contributed by atoms with Crippen LogP contribution in [0.5, 0.6) is 5.75 Å². The van der Waals surface area contributed by atoms with Gasteiger partial charge in [-0.05, 0) is 71.0 Å². The number of hydrogen-bond acceptors (Lipinski definition) is 16. The van der Waals surface area contributed by atoms with Crippen molar-refractivity contribution in [2.75, 3.05) is 12.4 Å². The number of phenolic OH excluding ortho intramolecular Hbond substituents is 1. The SMILES string of the molecule is CCCC[C@H](NC(=O)[C@H]1Cc2ccccc2CN1C(=O)[C@H](CS)NC(=O)[C@H](CC1CCCCC1)NC(=O)[C@@H](NC(=O)[C@@H](NC(=O)[C@H](CCC(=O)O)NC(=O)[C@H](CC(=O)O)NC(C)=O)C(c1ccccc1)c1ccccc1)[C@H](C)CC)C(=O)N[C@@H](CO)C(=O)N[C@@H](Cc1ccc(O)cc1)C(N)=O.